The second-order valence-electron chi connectivity index (χ2n) is 16.8. The first-order valence-corrected chi connectivity index (χ1v) is 23.3. The predicted octanol–water partition coefficient (Wildman–Crippen LogP) is 14.6. The Labute approximate surface area is 329 Å². The lowest BCUT2D eigenvalue weighted by atomic mass is 9.99. The maximum absolute atomic E-state index is 12.7. The summed E-state index contributed by atoms with van der Waals surface area (Å²) in [6, 6.07) is 0. The van der Waals surface area contributed by atoms with Gasteiger partial charge in [0.05, 0.1) is 0 Å². The van der Waals surface area contributed by atoms with Gasteiger partial charge in [-0.05, 0) is 31.1 Å². The number of carbonyl (C=O) groups is 3. The molecular formula is C47H90O6. The van der Waals surface area contributed by atoms with Crippen LogP contribution in [0, 0.1) is 11.8 Å². The average Bonchev–Trinajstić information content (AvgIpc) is 3.14. The van der Waals surface area contributed by atoms with E-state index in [-0.39, 0.29) is 31.1 Å². The molecule has 0 spiro atoms. The predicted molar refractivity (Wildman–Crippen MR) is 224 cm³/mol. The van der Waals surface area contributed by atoms with Crippen LogP contribution >= 0.6 is 0 Å². The standard InChI is InChI=1S/C47H90O6/c1-6-8-9-10-11-12-13-14-15-16-22-27-32-37-45(48)51-40-44(41-52-46(49)38-33-28-24-19-20-25-30-35-42(3)4)53-47(50)39-34-29-23-18-17-21-26-31-36-43(5)7-2/h42-44H,6-41H2,1-5H3/t43?,44-/m1/s1. The van der Waals surface area contributed by atoms with Gasteiger partial charge in [0, 0.05) is 19.3 Å². The summed E-state index contributed by atoms with van der Waals surface area (Å²) in [5.74, 6) is 0.766. The Bertz CT molecular complexity index is 811. The monoisotopic (exact) mass is 751 g/mol. The van der Waals surface area contributed by atoms with Crippen LogP contribution < -0.4 is 0 Å². The Kier molecular flexibility index (Phi) is 38.9. The van der Waals surface area contributed by atoms with Crippen LogP contribution in [-0.2, 0) is 28.6 Å². The molecule has 0 saturated heterocycles. The first-order chi connectivity index (χ1) is 25.8. The van der Waals surface area contributed by atoms with Crippen LogP contribution in [0.15, 0.2) is 0 Å². The number of rotatable bonds is 41. The maximum atomic E-state index is 12.7. The van der Waals surface area contributed by atoms with Crippen LogP contribution in [0.1, 0.15) is 253 Å². The molecule has 0 amide bonds. The lowest BCUT2D eigenvalue weighted by Gasteiger charge is -2.18. The van der Waals surface area contributed by atoms with Crippen molar-refractivity contribution in [1.82, 2.24) is 0 Å². The van der Waals surface area contributed by atoms with Crippen molar-refractivity contribution in [1.29, 1.82) is 0 Å². The highest BCUT2D eigenvalue weighted by molar-refractivity contribution is 5.71. The summed E-state index contributed by atoms with van der Waals surface area (Å²) in [4.78, 5) is 37.7. The fourth-order valence-electron chi connectivity index (χ4n) is 6.90. The Morgan fingerprint density at radius 2 is 0.717 bits per heavy atom. The number of ether oxygens (including phenoxy) is 3. The van der Waals surface area contributed by atoms with E-state index in [1.54, 1.807) is 0 Å². The summed E-state index contributed by atoms with van der Waals surface area (Å²) in [6.45, 7) is 11.3. The normalized spacial score (nSPS) is 12.6. The molecule has 0 aliphatic rings. The summed E-state index contributed by atoms with van der Waals surface area (Å²) in [5, 5.41) is 0. The van der Waals surface area contributed by atoms with E-state index in [1.165, 1.54) is 141 Å². The number of hydrogen-bond acceptors (Lipinski definition) is 6. The molecule has 0 N–H and O–H groups in total. The molecule has 6 nitrogen and oxygen atoms in total. The second-order valence-corrected chi connectivity index (χ2v) is 16.8. The summed E-state index contributed by atoms with van der Waals surface area (Å²) in [6.07, 6.45) is 38.0. The molecular weight excluding hydrogens is 661 g/mol. The lowest BCUT2D eigenvalue weighted by molar-refractivity contribution is -0.167. The van der Waals surface area contributed by atoms with Gasteiger partial charge in [0.2, 0.25) is 0 Å². The molecule has 53 heavy (non-hydrogen) atoms. The third-order valence-electron chi connectivity index (χ3n) is 10.8. The van der Waals surface area contributed by atoms with Crippen molar-refractivity contribution in [3.63, 3.8) is 0 Å². The van der Waals surface area contributed by atoms with E-state index in [9.17, 15) is 14.4 Å². The number of carbonyl (C=O) groups excluding carboxylic acids is 3. The van der Waals surface area contributed by atoms with Crippen molar-refractivity contribution in [2.45, 2.75) is 259 Å². The molecule has 6 heteroatoms. The minimum absolute atomic E-state index is 0.0653. The van der Waals surface area contributed by atoms with Gasteiger partial charge >= 0.3 is 17.9 Å². The Balaban J connectivity index is 4.34. The number of unbranched alkanes of at least 4 members (excludes halogenated alkanes) is 25. The van der Waals surface area contributed by atoms with Crippen molar-refractivity contribution < 1.29 is 28.6 Å². The SMILES string of the molecule is CCCCCCCCCCCCCCCC(=O)OC[C@H](COC(=O)CCCCCCCCCC(C)C)OC(=O)CCCCCCCCCCC(C)CC. The van der Waals surface area contributed by atoms with Gasteiger partial charge in [-0.25, -0.2) is 0 Å². The Morgan fingerprint density at radius 3 is 1.08 bits per heavy atom. The molecule has 0 fully saturated rings. The summed E-state index contributed by atoms with van der Waals surface area (Å²) in [7, 11) is 0. The summed E-state index contributed by atoms with van der Waals surface area (Å²) < 4.78 is 16.7. The van der Waals surface area contributed by atoms with Gasteiger partial charge < -0.3 is 14.2 Å². The molecule has 1 unspecified atom stereocenters. The minimum atomic E-state index is -0.761. The van der Waals surface area contributed by atoms with Gasteiger partial charge in [-0.3, -0.25) is 14.4 Å². The van der Waals surface area contributed by atoms with Gasteiger partial charge in [0.25, 0.3) is 0 Å². The first-order valence-electron chi connectivity index (χ1n) is 23.3. The molecule has 0 heterocycles. The lowest BCUT2D eigenvalue weighted by Crippen LogP contribution is -2.30. The van der Waals surface area contributed by atoms with Crippen LogP contribution in [0.5, 0.6) is 0 Å². The van der Waals surface area contributed by atoms with E-state index in [0.717, 1.165) is 69.6 Å². The molecule has 0 aliphatic heterocycles. The van der Waals surface area contributed by atoms with Crippen molar-refractivity contribution in [2.75, 3.05) is 13.2 Å². The Hall–Kier alpha value is -1.59. The molecule has 2 atom stereocenters. The minimum Gasteiger partial charge on any atom is -0.462 e. The summed E-state index contributed by atoms with van der Waals surface area (Å²) in [5.41, 5.74) is 0. The smallest absolute Gasteiger partial charge is 0.306 e. The molecule has 0 aromatic rings. The average molecular weight is 751 g/mol. The molecule has 0 bridgehead atoms. The van der Waals surface area contributed by atoms with Gasteiger partial charge in [-0.2, -0.15) is 0 Å². The number of esters is 3. The molecule has 0 aromatic heterocycles. The van der Waals surface area contributed by atoms with Gasteiger partial charge in [-0.15, -0.1) is 0 Å². The van der Waals surface area contributed by atoms with Crippen LogP contribution in [0.2, 0.25) is 0 Å². The molecule has 0 aliphatic carbocycles. The van der Waals surface area contributed by atoms with Crippen LogP contribution in [0.25, 0.3) is 0 Å². The number of hydrogen-bond donors (Lipinski definition) is 0. The summed E-state index contributed by atoms with van der Waals surface area (Å²) >= 11 is 0. The van der Waals surface area contributed by atoms with Crippen molar-refractivity contribution >= 4 is 17.9 Å². The molecule has 0 aromatic carbocycles. The molecule has 0 saturated carbocycles. The highest BCUT2D eigenvalue weighted by atomic mass is 16.6. The second kappa shape index (κ2) is 40.1. The molecule has 0 rings (SSSR count). The third kappa shape index (κ3) is 39.9. The Morgan fingerprint density at radius 1 is 0.396 bits per heavy atom. The largest absolute Gasteiger partial charge is 0.462 e. The van der Waals surface area contributed by atoms with Gasteiger partial charge in [0.15, 0.2) is 6.10 Å². The zero-order valence-corrected chi connectivity index (χ0v) is 36.1. The van der Waals surface area contributed by atoms with Crippen LogP contribution in [0.3, 0.4) is 0 Å². The first kappa shape index (κ1) is 51.4. The topological polar surface area (TPSA) is 78.9 Å². The quantitative estimate of drug-likeness (QED) is 0.0352. The van der Waals surface area contributed by atoms with E-state index >= 15 is 0 Å². The van der Waals surface area contributed by atoms with E-state index in [0.29, 0.717) is 19.3 Å². The van der Waals surface area contributed by atoms with E-state index in [4.69, 9.17) is 14.2 Å². The van der Waals surface area contributed by atoms with Gasteiger partial charge in [0.1, 0.15) is 13.2 Å². The van der Waals surface area contributed by atoms with E-state index in [2.05, 4.69) is 34.6 Å². The van der Waals surface area contributed by atoms with Crippen molar-refractivity contribution in [2.24, 2.45) is 11.8 Å². The van der Waals surface area contributed by atoms with Crippen molar-refractivity contribution in [3.8, 4) is 0 Å². The fraction of sp³-hybridized carbons (Fsp3) is 0.936. The zero-order chi connectivity index (χ0) is 39.0. The van der Waals surface area contributed by atoms with Crippen LogP contribution in [-0.4, -0.2) is 37.2 Å². The van der Waals surface area contributed by atoms with Gasteiger partial charge in [-0.1, -0.05) is 214 Å². The van der Waals surface area contributed by atoms with Crippen LogP contribution in [0.4, 0.5) is 0 Å². The van der Waals surface area contributed by atoms with E-state index in [1.807, 2.05) is 0 Å². The molecule has 314 valence electrons. The molecule has 0 radical (unpaired) electrons. The maximum Gasteiger partial charge on any atom is 0.306 e. The highest BCUT2D eigenvalue weighted by Gasteiger charge is 2.19. The van der Waals surface area contributed by atoms with Crippen molar-refractivity contribution in [3.05, 3.63) is 0 Å². The zero-order valence-electron chi connectivity index (χ0n) is 36.1. The highest BCUT2D eigenvalue weighted by Crippen LogP contribution is 2.17. The third-order valence-corrected chi connectivity index (χ3v) is 10.8. The fourth-order valence-corrected chi connectivity index (χ4v) is 6.90. The van der Waals surface area contributed by atoms with E-state index < -0.39 is 6.10 Å².